The number of benzene rings is 1. The number of halogens is 4. The van der Waals surface area contributed by atoms with Gasteiger partial charge in [-0.15, -0.1) is 11.8 Å². The number of ether oxygens (including phenoxy) is 2. The number of piperazine rings is 1. The fourth-order valence-electron chi connectivity index (χ4n) is 5.56. The SMILES string of the molecule is COC[C@H]1CSc2c(Cl)c(C(F)(F)F)cc3c2N1C(=O)CC3N1C[C@@H](C)N(C(=O)OC(C)(C)C)[C@@H](C)C1. The first-order valence-corrected chi connectivity index (χ1v) is 13.6. The van der Waals surface area contributed by atoms with Crippen molar-refractivity contribution >= 4 is 41.1 Å². The summed E-state index contributed by atoms with van der Waals surface area (Å²) in [7, 11) is 1.53. The number of carbonyl (C=O) groups is 2. The van der Waals surface area contributed by atoms with E-state index in [-0.39, 0.29) is 47.0 Å². The summed E-state index contributed by atoms with van der Waals surface area (Å²) in [5.74, 6) is 0.215. The predicted octanol–water partition coefficient (Wildman–Crippen LogP) is 5.59. The Morgan fingerprint density at radius 3 is 2.35 bits per heavy atom. The van der Waals surface area contributed by atoms with Crippen molar-refractivity contribution in [3.63, 3.8) is 0 Å². The van der Waals surface area contributed by atoms with Crippen molar-refractivity contribution in [1.82, 2.24) is 9.80 Å². The fourth-order valence-corrected chi connectivity index (χ4v) is 7.17. The van der Waals surface area contributed by atoms with Gasteiger partial charge in [0, 0.05) is 50.5 Å². The van der Waals surface area contributed by atoms with Crippen LogP contribution in [0.2, 0.25) is 5.02 Å². The van der Waals surface area contributed by atoms with E-state index in [4.69, 9.17) is 21.1 Å². The first-order chi connectivity index (χ1) is 17.1. The first kappa shape index (κ1) is 28.3. The van der Waals surface area contributed by atoms with Crippen LogP contribution in [-0.2, 0) is 20.4 Å². The molecule has 0 aliphatic carbocycles. The minimum Gasteiger partial charge on any atom is -0.444 e. The third kappa shape index (κ3) is 5.42. The molecule has 4 rings (SSSR count). The van der Waals surface area contributed by atoms with Crippen molar-refractivity contribution in [3.8, 4) is 0 Å². The summed E-state index contributed by atoms with van der Waals surface area (Å²) in [6.07, 6.45) is -5.04. The van der Waals surface area contributed by atoms with E-state index < -0.39 is 29.5 Å². The number of alkyl halides is 3. The second-order valence-electron chi connectivity index (χ2n) is 10.9. The van der Waals surface area contributed by atoms with Crippen LogP contribution >= 0.6 is 23.4 Å². The van der Waals surface area contributed by atoms with Gasteiger partial charge in [0.2, 0.25) is 5.91 Å². The molecule has 4 atom stereocenters. The molecule has 0 bridgehead atoms. The molecule has 3 aliphatic rings. The Balaban J connectivity index is 1.74. The summed E-state index contributed by atoms with van der Waals surface area (Å²) in [6.45, 7) is 10.2. The number of nitrogens with zero attached hydrogens (tertiary/aromatic N) is 3. The Morgan fingerprint density at radius 2 is 1.81 bits per heavy atom. The molecule has 1 aromatic carbocycles. The van der Waals surface area contributed by atoms with Gasteiger partial charge < -0.3 is 19.3 Å². The zero-order chi connectivity index (χ0) is 27.4. The lowest BCUT2D eigenvalue weighted by Crippen LogP contribution is -2.61. The lowest BCUT2D eigenvalue weighted by Gasteiger charge is -2.50. The van der Waals surface area contributed by atoms with Gasteiger partial charge in [0.1, 0.15) is 5.60 Å². The highest BCUT2D eigenvalue weighted by molar-refractivity contribution is 7.99. The van der Waals surface area contributed by atoms with Crippen molar-refractivity contribution in [1.29, 1.82) is 0 Å². The van der Waals surface area contributed by atoms with E-state index in [1.54, 1.807) is 30.6 Å². The average molecular weight is 564 g/mol. The smallest absolute Gasteiger partial charge is 0.417 e. The van der Waals surface area contributed by atoms with Crippen LogP contribution < -0.4 is 4.90 Å². The van der Waals surface area contributed by atoms with Crippen molar-refractivity contribution in [2.75, 3.05) is 37.5 Å². The van der Waals surface area contributed by atoms with Crippen LogP contribution in [0.5, 0.6) is 0 Å². The molecule has 7 nitrogen and oxygen atoms in total. The molecule has 0 radical (unpaired) electrons. The van der Waals surface area contributed by atoms with Crippen LogP contribution in [0.4, 0.5) is 23.7 Å². The molecular formula is C25H33ClF3N3O4S. The molecule has 0 aromatic heterocycles. The Morgan fingerprint density at radius 1 is 1.19 bits per heavy atom. The highest BCUT2D eigenvalue weighted by Gasteiger charge is 2.47. The molecule has 3 aliphatic heterocycles. The number of hydrogen-bond acceptors (Lipinski definition) is 6. The molecule has 1 unspecified atom stereocenters. The molecule has 0 spiro atoms. The molecule has 12 heteroatoms. The van der Waals surface area contributed by atoms with Crippen LogP contribution in [0.1, 0.15) is 58.2 Å². The predicted molar refractivity (Wildman–Crippen MR) is 136 cm³/mol. The van der Waals surface area contributed by atoms with Gasteiger partial charge in [-0.3, -0.25) is 9.69 Å². The molecule has 37 heavy (non-hydrogen) atoms. The van der Waals surface area contributed by atoms with Crippen LogP contribution in [0.25, 0.3) is 0 Å². The van der Waals surface area contributed by atoms with E-state index in [9.17, 15) is 22.8 Å². The van der Waals surface area contributed by atoms with Gasteiger partial charge in [-0.05, 0) is 46.2 Å². The van der Waals surface area contributed by atoms with Gasteiger partial charge >= 0.3 is 12.3 Å². The summed E-state index contributed by atoms with van der Waals surface area (Å²) in [5.41, 5.74) is -0.662. The fraction of sp³-hybridized carbons (Fsp3) is 0.680. The standard InChI is InChI=1S/C25H33ClF3N3O4S/c1-13-9-30(10-14(2)31(13)23(34)36-24(3,4)5)18-8-19(33)32-15(11-35-6)12-37-22-20(26)17(25(27,28)29)7-16(18)21(22)32/h7,13-15,18H,8-12H2,1-6H3/t13-,14+,15-,18?/m0/s1. The van der Waals surface area contributed by atoms with E-state index >= 15 is 0 Å². The van der Waals surface area contributed by atoms with Crippen LogP contribution in [0, 0.1) is 0 Å². The number of anilines is 1. The van der Waals surface area contributed by atoms with E-state index in [1.165, 1.54) is 18.9 Å². The van der Waals surface area contributed by atoms with E-state index in [2.05, 4.69) is 0 Å². The maximum atomic E-state index is 14.0. The summed E-state index contributed by atoms with van der Waals surface area (Å²) < 4.78 is 53.0. The highest BCUT2D eigenvalue weighted by Crippen LogP contribution is 2.54. The van der Waals surface area contributed by atoms with E-state index in [0.29, 0.717) is 30.1 Å². The van der Waals surface area contributed by atoms with E-state index in [0.717, 1.165) is 6.07 Å². The number of amides is 2. The number of thioether (sulfide) groups is 1. The number of methoxy groups -OCH3 is 1. The maximum Gasteiger partial charge on any atom is 0.417 e. The lowest BCUT2D eigenvalue weighted by molar-refractivity contribution is -0.137. The van der Waals surface area contributed by atoms with E-state index in [1.807, 2.05) is 18.7 Å². The van der Waals surface area contributed by atoms with Gasteiger partial charge in [-0.1, -0.05) is 11.6 Å². The topological polar surface area (TPSA) is 62.3 Å². The highest BCUT2D eigenvalue weighted by atomic mass is 35.5. The van der Waals surface area contributed by atoms with Crippen LogP contribution in [0.15, 0.2) is 11.0 Å². The number of rotatable bonds is 3. The third-order valence-electron chi connectivity index (χ3n) is 6.90. The molecular weight excluding hydrogens is 531 g/mol. The maximum absolute atomic E-state index is 14.0. The third-order valence-corrected chi connectivity index (χ3v) is 8.64. The number of carbonyl (C=O) groups excluding carboxylic acids is 2. The largest absolute Gasteiger partial charge is 0.444 e. The molecule has 206 valence electrons. The summed E-state index contributed by atoms with van der Waals surface area (Å²) >= 11 is 7.54. The Bertz CT molecular complexity index is 1070. The molecule has 1 saturated heterocycles. The molecule has 1 fully saturated rings. The van der Waals surface area contributed by atoms with Gasteiger partial charge in [-0.2, -0.15) is 13.2 Å². The van der Waals surface area contributed by atoms with Gasteiger partial charge in [0.15, 0.2) is 0 Å². The number of hydrogen-bond donors (Lipinski definition) is 0. The molecule has 0 N–H and O–H groups in total. The van der Waals surface area contributed by atoms with Gasteiger partial charge in [0.25, 0.3) is 0 Å². The monoisotopic (exact) mass is 563 g/mol. The molecule has 3 heterocycles. The summed E-state index contributed by atoms with van der Waals surface area (Å²) in [6, 6.07) is -0.315. The first-order valence-electron chi connectivity index (χ1n) is 12.3. The second-order valence-corrected chi connectivity index (χ2v) is 12.4. The van der Waals surface area contributed by atoms with Gasteiger partial charge in [-0.25, -0.2) is 4.79 Å². The summed E-state index contributed by atoms with van der Waals surface area (Å²) in [5, 5.41) is -0.373. The Kier molecular flexibility index (Phi) is 7.75. The Hall–Kier alpha value is -1.69. The quantitative estimate of drug-likeness (QED) is 0.478. The van der Waals surface area contributed by atoms with Crippen LogP contribution in [-0.4, -0.2) is 78.1 Å². The minimum atomic E-state index is -4.64. The second kappa shape index (κ2) is 10.1. The molecule has 2 amide bonds. The van der Waals surface area contributed by atoms with Crippen molar-refractivity contribution < 1.29 is 32.2 Å². The van der Waals surface area contributed by atoms with Crippen LogP contribution in [0.3, 0.4) is 0 Å². The molecule has 0 saturated carbocycles. The zero-order valence-corrected chi connectivity index (χ0v) is 23.4. The van der Waals surface area contributed by atoms with Crippen molar-refractivity contribution in [2.24, 2.45) is 0 Å². The Labute approximate surface area is 224 Å². The average Bonchev–Trinajstić information content (AvgIpc) is 2.75. The minimum absolute atomic E-state index is 0.0299. The summed E-state index contributed by atoms with van der Waals surface area (Å²) in [4.78, 5) is 31.9. The normalized spacial score (nSPS) is 26.8. The van der Waals surface area contributed by atoms with Gasteiger partial charge in [0.05, 0.1) is 33.8 Å². The van der Waals surface area contributed by atoms with Crippen molar-refractivity contribution in [2.45, 2.75) is 81.9 Å². The zero-order valence-electron chi connectivity index (χ0n) is 21.8. The van der Waals surface area contributed by atoms with Crippen molar-refractivity contribution in [3.05, 3.63) is 22.2 Å². The lowest BCUT2D eigenvalue weighted by atomic mass is 9.89. The molecule has 1 aromatic rings.